The van der Waals surface area contributed by atoms with Gasteiger partial charge in [-0.1, -0.05) is 25.0 Å². The average molecular weight is 384 g/mol. The molecule has 0 radical (unpaired) electrons. The maximum atomic E-state index is 12.4. The Labute approximate surface area is 134 Å². The van der Waals surface area contributed by atoms with Gasteiger partial charge >= 0.3 is 0 Å². The fourth-order valence-corrected chi connectivity index (χ4v) is 4.01. The van der Waals surface area contributed by atoms with Crippen LogP contribution >= 0.6 is 22.6 Å². The van der Waals surface area contributed by atoms with Crippen LogP contribution in [0.15, 0.2) is 24.3 Å². The quantitative estimate of drug-likeness (QED) is 0.766. The van der Waals surface area contributed by atoms with E-state index in [1.807, 2.05) is 24.3 Å². The van der Waals surface area contributed by atoms with Crippen LogP contribution in [0, 0.1) is 9.49 Å². The standard InChI is InChI=1S/C16H21IN2O/c17-12-6-2-4-8-14(12)19-16(20)15-10-9-11-5-1-3-7-13(11)18-15/h2,4,6,8,11,13,15,18H,1,3,5,7,9-10H2,(H,19,20). The Bertz CT molecular complexity index is 491. The lowest BCUT2D eigenvalue weighted by Gasteiger charge is -2.39. The molecule has 2 aliphatic rings. The fourth-order valence-electron chi connectivity index (χ4n) is 3.48. The van der Waals surface area contributed by atoms with E-state index in [1.54, 1.807) is 0 Å². The van der Waals surface area contributed by atoms with Gasteiger partial charge in [-0.25, -0.2) is 0 Å². The molecule has 3 nitrogen and oxygen atoms in total. The van der Waals surface area contributed by atoms with Crippen molar-refractivity contribution in [2.45, 2.75) is 50.6 Å². The summed E-state index contributed by atoms with van der Waals surface area (Å²) in [6, 6.07) is 8.47. The molecule has 1 aromatic rings. The summed E-state index contributed by atoms with van der Waals surface area (Å²) in [6.07, 6.45) is 7.40. The third-order valence-corrected chi connectivity index (χ3v) is 5.54. The Morgan fingerprint density at radius 3 is 2.80 bits per heavy atom. The number of anilines is 1. The number of hydrogen-bond acceptors (Lipinski definition) is 2. The number of halogens is 1. The number of rotatable bonds is 2. The van der Waals surface area contributed by atoms with Gasteiger partial charge in [0.1, 0.15) is 0 Å². The lowest BCUT2D eigenvalue weighted by atomic mass is 9.77. The third-order valence-electron chi connectivity index (χ3n) is 4.60. The van der Waals surface area contributed by atoms with Gasteiger partial charge < -0.3 is 10.6 Å². The Morgan fingerprint density at radius 1 is 1.15 bits per heavy atom. The first-order valence-electron chi connectivity index (χ1n) is 7.55. The van der Waals surface area contributed by atoms with Gasteiger partial charge in [-0.05, 0) is 66.3 Å². The smallest absolute Gasteiger partial charge is 0.241 e. The molecule has 0 aromatic heterocycles. The second kappa shape index (κ2) is 6.43. The third kappa shape index (κ3) is 3.17. The highest BCUT2D eigenvalue weighted by molar-refractivity contribution is 14.1. The van der Waals surface area contributed by atoms with Crippen LogP contribution < -0.4 is 10.6 Å². The summed E-state index contributed by atoms with van der Waals surface area (Å²) < 4.78 is 1.09. The first-order valence-corrected chi connectivity index (χ1v) is 8.63. The lowest BCUT2D eigenvalue weighted by molar-refractivity contribution is -0.119. The van der Waals surface area contributed by atoms with Crippen molar-refractivity contribution >= 4 is 34.2 Å². The number of fused-ring (bicyclic) bond motifs is 1. The van der Waals surface area contributed by atoms with Gasteiger partial charge in [-0.15, -0.1) is 0 Å². The maximum absolute atomic E-state index is 12.4. The number of carbonyl (C=O) groups excluding carboxylic acids is 1. The molecule has 3 atom stereocenters. The van der Waals surface area contributed by atoms with Gasteiger partial charge in [0.15, 0.2) is 0 Å². The number of nitrogens with one attached hydrogen (secondary N) is 2. The zero-order valence-corrected chi connectivity index (χ0v) is 13.7. The normalized spacial score (nSPS) is 29.6. The molecular weight excluding hydrogens is 363 g/mol. The summed E-state index contributed by atoms with van der Waals surface area (Å²) in [5, 5.41) is 6.65. The summed E-state index contributed by atoms with van der Waals surface area (Å²) in [7, 11) is 0. The first kappa shape index (κ1) is 14.3. The number of carbonyl (C=O) groups is 1. The molecule has 2 N–H and O–H groups in total. The number of benzene rings is 1. The molecule has 3 unspecified atom stereocenters. The zero-order valence-electron chi connectivity index (χ0n) is 11.6. The summed E-state index contributed by atoms with van der Waals surface area (Å²) >= 11 is 2.26. The Balaban J connectivity index is 1.62. The van der Waals surface area contributed by atoms with Crippen LogP contribution in [0.4, 0.5) is 5.69 Å². The highest BCUT2D eigenvalue weighted by atomic mass is 127. The molecule has 20 heavy (non-hydrogen) atoms. The van der Waals surface area contributed by atoms with E-state index in [-0.39, 0.29) is 11.9 Å². The lowest BCUT2D eigenvalue weighted by Crippen LogP contribution is -2.53. The van der Waals surface area contributed by atoms with Gasteiger partial charge in [0, 0.05) is 9.61 Å². The van der Waals surface area contributed by atoms with E-state index < -0.39 is 0 Å². The van der Waals surface area contributed by atoms with Crippen molar-refractivity contribution in [3.63, 3.8) is 0 Å². The number of amides is 1. The van der Waals surface area contributed by atoms with Crippen LogP contribution in [0.1, 0.15) is 38.5 Å². The Hall–Kier alpha value is -0.620. The minimum absolute atomic E-state index is 0.0228. The van der Waals surface area contributed by atoms with Crippen LogP contribution in [0.5, 0.6) is 0 Å². The highest BCUT2D eigenvalue weighted by Gasteiger charge is 2.34. The van der Waals surface area contributed by atoms with Gasteiger partial charge in [-0.3, -0.25) is 4.79 Å². The largest absolute Gasteiger partial charge is 0.324 e. The second-order valence-corrected chi connectivity index (χ2v) is 7.08. The highest BCUT2D eigenvalue weighted by Crippen LogP contribution is 2.32. The van der Waals surface area contributed by atoms with Crippen molar-refractivity contribution in [1.82, 2.24) is 5.32 Å². The van der Waals surface area contributed by atoms with E-state index in [0.717, 1.165) is 21.6 Å². The first-order chi connectivity index (χ1) is 9.74. The minimum atomic E-state index is -0.0228. The molecule has 4 heteroatoms. The molecule has 108 valence electrons. The van der Waals surface area contributed by atoms with E-state index in [1.165, 1.54) is 32.1 Å². The van der Waals surface area contributed by atoms with Crippen LogP contribution in [0.3, 0.4) is 0 Å². The number of para-hydroxylation sites is 1. The molecule has 1 aliphatic heterocycles. The van der Waals surface area contributed by atoms with Crippen LogP contribution in [0.25, 0.3) is 0 Å². The number of piperidine rings is 1. The summed E-state index contributed by atoms with van der Waals surface area (Å²) in [5.74, 6) is 0.919. The van der Waals surface area contributed by atoms with E-state index in [9.17, 15) is 4.79 Å². The maximum Gasteiger partial charge on any atom is 0.241 e. The average Bonchev–Trinajstić information content (AvgIpc) is 2.49. The molecule has 1 aliphatic carbocycles. The topological polar surface area (TPSA) is 41.1 Å². The predicted octanol–water partition coefficient (Wildman–Crippen LogP) is 3.54. The minimum Gasteiger partial charge on any atom is -0.324 e. The van der Waals surface area contributed by atoms with Crippen LogP contribution in [-0.2, 0) is 4.79 Å². The second-order valence-electron chi connectivity index (χ2n) is 5.92. The Kier molecular flexibility index (Phi) is 4.61. The zero-order chi connectivity index (χ0) is 13.9. The van der Waals surface area contributed by atoms with Crippen LogP contribution in [-0.4, -0.2) is 18.0 Å². The van der Waals surface area contributed by atoms with Gasteiger partial charge in [-0.2, -0.15) is 0 Å². The van der Waals surface area contributed by atoms with E-state index in [2.05, 4.69) is 33.2 Å². The molecule has 2 fully saturated rings. The molecule has 1 heterocycles. The van der Waals surface area contributed by atoms with Crippen molar-refractivity contribution in [1.29, 1.82) is 0 Å². The fraction of sp³-hybridized carbons (Fsp3) is 0.562. The molecule has 3 rings (SSSR count). The molecule has 1 saturated carbocycles. The molecular formula is C16H21IN2O. The predicted molar refractivity (Wildman–Crippen MR) is 89.7 cm³/mol. The van der Waals surface area contributed by atoms with Crippen molar-refractivity contribution in [2.24, 2.45) is 5.92 Å². The summed E-state index contributed by atoms with van der Waals surface area (Å²) in [5.41, 5.74) is 0.922. The van der Waals surface area contributed by atoms with Gasteiger partial charge in [0.05, 0.1) is 11.7 Å². The van der Waals surface area contributed by atoms with Crippen LogP contribution in [0.2, 0.25) is 0 Å². The molecule has 1 aromatic carbocycles. The van der Waals surface area contributed by atoms with Crippen molar-refractivity contribution in [3.8, 4) is 0 Å². The van der Waals surface area contributed by atoms with Crippen molar-refractivity contribution < 1.29 is 4.79 Å². The SMILES string of the molecule is O=C(Nc1ccccc1I)C1CCC2CCCCC2N1. The summed E-state index contributed by atoms with van der Waals surface area (Å²) in [6.45, 7) is 0. The molecule has 0 bridgehead atoms. The van der Waals surface area contributed by atoms with Gasteiger partial charge in [0.2, 0.25) is 5.91 Å². The van der Waals surface area contributed by atoms with Gasteiger partial charge in [0.25, 0.3) is 0 Å². The van der Waals surface area contributed by atoms with Crippen molar-refractivity contribution in [3.05, 3.63) is 27.8 Å². The monoisotopic (exact) mass is 384 g/mol. The van der Waals surface area contributed by atoms with Crippen molar-refractivity contribution in [2.75, 3.05) is 5.32 Å². The van der Waals surface area contributed by atoms with E-state index in [4.69, 9.17) is 0 Å². The summed E-state index contributed by atoms with van der Waals surface area (Å²) in [4.78, 5) is 12.4. The molecule has 1 amide bonds. The van der Waals surface area contributed by atoms with E-state index in [0.29, 0.717) is 6.04 Å². The van der Waals surface area contributed by atoms with E-state index >= 15 is 0 Å². The number of hydrogen-bond donors (Lipinski definition) is 2. The Morgan fingerprint density at radius 2 is 1.95 bits per heavy atom. The molecule has 0 spiro atoms. The molecule has 1 saturated heterocycles.